The molecule has 3 aliphatic rings. The van der Waals surface area contributed by atoms with E-state index in [4.69, 9.17) is 9.84 Å². The van der Waals surface area contributed by atoms with Gasteiger partial charge < -0.3 is 14.7 Å². The van der Waals surface area contributed by atoms with Crippen LogP contribution in [0.25, 0.3) is 5.57 Å². The lowest BCUT2D eigenvalue weighted by Crippen LogP contribution is -2.38. The molecule has 1 N–H and O–H groups in total. The smallest absolute Gasteiger partial charge is 0.323 e. The van der Waals surface area contributed by atoms with Crippen LogP contribution in [0.15, 0.2) is 34.2 Å². The number of para-hydroxylation sites is 1. The molecule has 9 heteroatoms. The molecule has 1 fully saturated rings. The first-order valence-corrected chi connectivity index (χ1v) is 8.89. The van der Waals surface area contributed by atoms with Gasteiger partial charge in [-0.1, -0.05) is 18.2 Å². The van der Waals surface area contributed by atoms with Crippen molar-refractivity contribution in [1.82, 2.24) is 4.90 Å². The molecule has 2 amide bonds. The average molecular weight is 373 g/mol. The summed E-state index contributed by atoms with van der Waals surface area (Å²) in [6, 6.07) is 6.88. The van der Waals surface area contributed by atoms with Crippen LogP contribution in [-0.4, -0.2) is 65.8 Å². The first-order valence-electron chi connectivity index (χ1n) is 8.07. The molecule has 1 saturated heterocycles. The highest BCUT2D eigenvalue weighted by atomic mass is 32.2. The van der Waals surface area contributed by atoms with E-state index in [1.807, 2.05) is 4.90 Å². The van der Waals surface area contributed by atoms with Crippen molar-refractivity contribution in [3.05, 3.63) is 34.7 Å². The number of amides is 2. The van der Waals surface area contributed by atoms with Crippen molar-refractivity contribution in [1.29, 1.82) is 0 Å². The lowest BCUT2D eigenvalue weighted by molar-refractivity contribution is -0.136. The van der Waals surface area contributed by atoms with Gasteiger partial charge in [0, 0.05) is 18.7 Å². The van der Waals surface area contributed by atoms with Gasteiger partial charge in [-0.05, 0) is 17.8 Å². The van der Waals surface area contributed by atoms with Crippen molar-refractivity contribution in [2.24, 2.45) is 4.99 Å². The number of hydrogen-bond donors (Lipinski definition) is 1. The molecule has 0 aromatic heterocycles. The Kier molecular flexibility index (Phi) is 4.25. The number of anilines is 1. The van der Waals surface area contributed by atoms with E-state index >= 15 is 0 Å². The van der Waals surface area contributed by atoms with Crippen LogP contribution in [0.2, 0.25) is 0 Å². The molecule has 0 atom stereocenters. The third-order valence-corrected chi connectivity index (χ3v) is 5.42. The van der Waals surface area contributed by atoms with Gasteiger partial charge in [0.05, 0.1) is 29.4 Å². The molecule has 1 aromatic rings. The van der Waals surface area contributed by atoms with E-state index in [-0.39, 0.29) is 10.5 Å². The summed E-state index contributed by atoms with van der Waals surface area (Å²) in [5, 5.41) is 9.67. The Morgan fingerprint density at radius 2 is 1.96 bits per heavy atom. The number of aliphatic imine (C=N–C) groups is 1. The number of carboxylic acid groups (broad SMARTS) is 1. The van der Waals surface area contributed by atoms with Crippen LogP contribution < -0.4 is 4.90 Å². The molecule has 0 aliphatic carbocycles. The third kappa shape index (κ3) is 2.78. The Balaban J connectivity index is 1.72. The number of hydrogen-bond acceptors (Lipinski definition) is 6. The molecule has 8 nitrogen and oxygen atoms in total. The first kappa shape index (κ1) is 16.8. The van der Waals surface area contributed by atoms with Crippen LogP contribution in [0.3, 0.4) is 0 Å². The van der Waals surface area contributed by atoms with Gasteiger partial charge in [-0.3, -0.25) is 19.3 Å². The minimum Gasteiger partial charge on any atom is -0.480 e. The van der Waals surface area contributed by atoms with E-state index in [2.05, 4.69) is 4.99 Å². The summed E-state index contributed by atoms with van der Waals surface area (Å²) >= 11 is 1.17. The van der Waals surface area contributed by atoms with Crippen molar-refractivity contribution in [2.45, 2.75) is 0 Å². The summed E-state index contributed by atoms with van der Waals surface area (Å²) < 4.78 is 5.31. The number of benzene rings is 1. The van der Waals surface area contributed by atoms with Crippen molar-refractivity contribution >= 4 is 46.0 Å². The molecular formula is C17H15N3O5S. The fraction of sp³-hybridized carbons (Fsp3) is 0.294. The molecule has 134 valence electrons. The molecule has 3 heterocycles. The number of thioether (sulfide) groups is 1. The van der Waals surface area contributed by atoms with Crippen molar-refractivity contribution in [3.63, 3.8) is 0 Å². The molecular weight excluding hydrogens is 358 g/mol. The highest BCUT2D eigenvalue weighted by Crippen LogP contribution is 2.43. The van der Waals surface area contributed by atoms with Crippen LogP contribution in [0.1, 0.15) is 5.56 Å². The van der Waals surface area contributed by atoms with Gasteiger partial charge in [-0.2, -0.15) is 4.99 Å². The summed E-state index contributed by atoms with van der Waals surface area (Å²) in [4.78, 5) is 44.0. The zero-order valence-corrected chi connectivity index (χ0v) is 14.5. The molecule has 0 spiro atoms. The van der Waals surface area contributed by atoms with Gasteiger partial charge in [-0.25, -0.2) is 0 Å². The normalized spacial score (nSPS) is 22.7. The predicted octanol–water partition coefficient (Wildman–Crippen LogP) is 0.791. The Bertz CT molecular complexity index is 873. The topological polar surface area (TPSA) is 99.5 Å². The second-order valence-corrected chi connectivity index (χ2v) is 6.88. The number of rotatable bonds is 2. The van der Waals surface area contributed by atoms with Gasteiger partial charge in [0.1, 0.15) is 6.54 Å². The summed E-state index contributed by atoms with van der Waals surface area (Å²) in [5.41, 5.74) is 1.28. The maximum absolute atomic E-state index is 12.9. The Labute approximate surface area is 153 Å². The van der Waals surface area contributed by atoms with Gasteiger partial charge >= 0.3 is 5.97 Å². The zero-order chi connectivity index (χ0) is 18.3. The van der Waals surface area contributed by atoms with E-state index in [9.17, 15) is 14.4 Å². The molecule has 0 unspecified atom stereocenters. The monoisotopic (exact) mass is 373 g/mol. The van der Waals surface area contributed by atoms with E-state index in [1.165, 1.54) is 16.7 Å². The SMILES string of the molecule is O=C(O)CN1C(=O)C(=C2SC(N3CCOCC3)=NC2=O)c2ccccc21. The number of carbonyl (C=O) groups excluding carboxylic acids is 2. The number of morpholine rings is 1. The minimum absolute atomic E-state index is 0.226. The van der Waals surface area contributed by atoms with Gasteiger partial charge in [0.15, 0.2) is 5.17 Å². The third-order valence-electron chi connectivity index (χ3n) is 4.31. The number of ether oxygens (including phenoxy) is 1. The number of nitrogens with zero attached hydrogens (tertiary/aromatic N) is 3. The molecule has 1 aromatic carbocycles. The standard InChI is InChI=1S/C17H15N3O5S/c21-12(22)9-20-11-4-2-1-3-10(11)13(16(20)24)14-15(23)18-17(26-14)19-5-7-25-8-6-19/h1-4H,5-9H2,(H,21,22). The van der Waals surface area contributed by atoms with E-state index in [0.29, 0.717) is 42.7 Å². The minimum atomic E-state index is -1.12. The Hall–Kier alpha value is -2.65. The second-order valence-electron chi connectivity index (χ2n) is 5.91. The Morgan fingerprint density at radius 1 is 1.23 bits per heavy atom. The predicted molar refractivity (Wildman–Crippen MR) is 95.8 cm³/mol. The van der Waals surface area contributed by atoms with Crippen molar-refractivity contribution < 1.29 is 24.2 Å². The van der Waals surface area contributed by atoms with Crippen molar-refractivity contribution in [2.75, 3.05) is 37.7 Å². The molecule has 0 saturated carbocycles. The maximum atomic E-state index is 12.9. The highest BCUT2D eigenvalue weighted by Gasteiger charge is 2.40. The Morgan fingerprint density at radius 3 is 2.69 bits per heavy atom. The molecule has 4 rings (SSSR count). The van der Waals surface area contributed by atoms with Crippen molar-refractivity contribution in [3.8, 4) is 0 Å². The molecule has 3 aliphatic heterocycles. The molecule has 0 radical (unpaired) electrons. The van der Waals surface area contributed by atoms with E-state index in [0.717, 1.165) is 0 Å². The van der Waals surface area contributed by atoms with E-state index < -0.39 is 24.3 Å². The number of amidine groups is 1. The van der Waals surface area contributed by atoms with Crippen LogP contribution in [0.4, 0.5) is 5.69 Å². The van der Waals surface area contributed by atoms with E-state index in [1.54, 1.807) is 24.3 Å². The largest absolute Gasteiger partial charge is 0.480 e. The summed E-state index contributed by atoms with van der Waals surface area (Å²) in [5.74, 6) is -2.07. The van der Waals surface area contributed by atoms with Crippen LogP contribution in [-0.2, 0) is 19.1 Å². The van der Waals surface area contributed by atoms with Crippen LogP contribution in [0, 0.1) is 0 Å². The number of aliphatic carboxylic acids is 1. The molecule has 26 heavy (non-hydrogen) atoms. The van der Waals surface area contributed by atoms with Gasteiger partial charge in [0.25, 0.3) is 11.8 Å². The maximum Gasteiger partial charge on any atom is 0.323 e. The number of carbonyl (C=O) groups is 3. The zero-order valence-electron chi connectivity index (χ0n) is 13.7. The first-order chi connectivity index (χ1) is 12.6. The highest BCUT2D eigenvalue weighted by molar-refractivity contribution is 8.18. The van der Waals surface area contributed by atoms with Gasteiger partial charge in [-0.15, -0.1) is 0 Å². The summed E-state index contributed by atoms with van der Waals surface area (Å²) in [6.45, 7) is 1.94. The van der Waals surface area contributed by atoms with Gasteiger partial charge in [0.2, 0.25) is 0 Å². The number of carboxylic acids is 1. The summed E-state index contributed by atoms with van der Waals surface area (Å²) in [6.07, 6.45) is 0. The fourth-order valence-corrected chi connectivity index (χ4v) is 4.19. The quantitative estimate of drug-likeness (QED) is 0.765. The lowest BCUT2D eigenvalue weighted by Gasteiger charge is -2.27. The summed E-state index contributed by atoms with van der Waals surface area (Å²) in [7, 11) is 0. The molecule has 0 bridgehead atoms. The second kappa shape index (κ2) is 6.58. The lowest BCUT2D eigenvalue weighted by atomic mass is 10.1. The van der Waals surface area contributed by atoms with Crippen LogP contribution in [0.5, 0.6) is 0 Å². The fourth-order valence-electron chi connectivity index (χ4n) is 3.13. The average Bonchev–Trinajstić information content (AvgIpc) is 3.14. The van der Waals surface area contributed by atoms with Crippen LogP contribution >= 0.6 is 11.8 Å². The number of fused-ring (bicyclic) bond motifs is 1.